The van der Waals surface area contributed by atoms with Gasteiger partial charge in [-0.2, -0.15) is 0 Å². The van der Waals surface area contributed by atoms with E-state index in [0.29, 0.717) is 29.9 Å². The Morgan fingerprint density at radius 3 is 2.48 bits per heavy atom. The number of rotatable bonds is 4. The van der Waals surface area contributed by atoms with Crippen molar-refractivity contribution < 1.29 is 9.90 Å². The molecule has 0 saturated carbocycles. The Labute approximate surface area is 144 Å². The summed E-state index contributed by atoms with van der Waals surface area (Å²) in [5, 5.41) is 12.7. The molecule has 23 heavy (non-hydrogen) atoms. The monoisotopic (exact) mass is 338 g/mol. The van der Waals surface area contributed by atoms with E-state index in [0.717, 1.165) is 45.4 Å². The summed E-state index contributed by atoms with van der Waals surface area (Å²) in [7, 11) is 0. The number of nitrogens with zero attached hydrogens (tertiary/aromatic N) is 1. The Morgan fingerprint density at radius 2 is 1.87 bits per heavy atom. The zero-order valence-corrected chi connectivity index (χ0v) is 14.4. The van der Waals surface area contributed by atoms with Crippen molar-refractivity contribution in [1.82, 2.24) is 10.2 Å². The lowest BCUT2D eigenvalue weighted by Crippen LogP contribution is -2.38. The second-order valence-corrected chi connectivity index (χ2v) is 6.64. The molecular formula is C18H27ClN2O2. The van der Waals surface area contributed by atoms with Crippen molar-refractivity contribution in [2.24, 2.45) is 5.92 Å². The summed E-state index contributed by atoms with van der Waals surface area (Å²) >= 11 is 0. The maximum atomic E-state index is 12.3. The lowest BCUT2D eigenvalue weighted by Gasteiger charge is -2.32. The molecule has 1 aromatic rings. The van der Waals surface area contributed by atoms with Gasteiger partial charge in [-0.25, -0.2) is 0 Å². The molecular weight excluding hydrogens is 312 g/mol. The van der Waals surface area contributed by atoms with Crippen LogP contribution in [0.4, 0.5) is 0 Å². The number of hydrogen-bond acceptors (Lipinski definition) is 3. The van der Waals surface area contributed by atoms with Gasteiger partial charge in [0.25, 0.3) is 0 Å². The molecule has 128 valence electrons. The number of carbonyl (C=O) groups excluding carboxylic acids is 1. The van der Waals surface area contributed by atoms with E-state index in [1.807, 2.05) is 17.0 Å². The third-order valence-electron chi connectivity index (χ3n) is 5.14. The van der Waals surface area contributed by atoms with Gasteiger partial charge in [0.1, 0.15) is 5.75 Å². The van der Waals surface area contributed by atoms with Crippen LogP contribution in [0.1, 0.15) is 43.6 Å². The Bertz CT molecular complexity index is 492. The third kappa shape index (κ3) is 4.85. The van der Waals surface area contributed by atoms with Gasteiger partial charge in [-0.3, -0.25) is 4.79 Å². The van der Waals surface area contributed by atoms with Crippen LogP contribution >= 0.6 is 12.4 Å². The van der Waals surface area contributed by atoms with E-state index in [-0.39, 0.29) is 12.4 Å². The summed E-state index contributed by atoms with van der Waals surface area (Å²) in [6, 6.07) is 7.51. The first-order valence-electron chi connectivity index (χ1n) is 8.50. The van der Waals surface area contributed by atoms with E-state index >= 15 is 0 Å². The van der Waals surface area contributed by atoms with Crippen molar-refractivity contribution in [2.45, 2.75) is 38.0 Å². The van der Waals surface area contributed by atoms with Gasteiger partial charge in [0.15, 0.2) is 0 Å². The summed E-state index contributed by atoms with van der Waals surface area (Å²) in [5.41, 5.74) is 1.28. The fourth-order valence-corrected chi connectivity index (χ4v) is 3.66. The maximum Gasteiger partial charge on any atom is 0.222 e. The molecule has 0 spiro atoms. The molecule has 2 heterocycles. The highest BCUT2D eigenvalue weighted by molar-refractivity contribution is 5.85. The van der Waals surface area contributed by atoms with E-state index in [2.05, 4.69) is 5.32 Å². The number of carbonyl (C=O) groups is 1. The molecule has 1 amide bonds. The summed E-state index contributed by atoms with van der Waals surface area (Å²) in [4.78, 5) is 14.4. The number of halogens is 1. The van der Waals surface area contributed by atoms with E-state index in [9.17, 15) is 9.90 Å². The molecule has 0 aliphatic carbocycles. The quantitative estimate of drug-likeness (QED) is 0.887. The van der Waals surface area contributed by atoms with Gasteiger partial charge in [0.2, 0.25) is 5.91 Å². The average Bonchev–Trinajstić information content (AvgIpc) is 3.07. The molecule has 2 N–H and O–H groups in total. The predicted octanol–water partition coefficient (Wildman–Crippen LogP) is 2.91. The van der Waals surface area contributed by atoms with Gasteiger partial charge in [-0.15, -0.1) is 12.4 Å². The van der Waals surface area contributed by atoms with Crippen molar-refractivity contribution in [1.29, 1.82) is 0 Å². The normalized spacial score (nSPS) is 21.9. The van der Waals surface area contributed by atoms with Crippen LogP contribution in [0.25, 0.3) is 0 Å². The number of phenols is 1. The highest BCUT2D eigenvalue weighted by atomic mass is 35.5. The molecule has 2 aliphatic rings. The minimum atomic E-state index is 0. The lowest BCUT2D eigenvalue weighted by molar-refractivity contribution is -0.132. The first kappa shape index (κ1) is 18.1. The standard InChI is InChI=1S/C18H26N2O2.ClH/c21-17-4-2-15(3-5-17)16-8-11-20(12-9-16)18(22)6-1-14-7-10-19-13-14;/h2-5,14,16,19,21H,1,6-13H2;1H. The van der Waals surface area contributed by atoms with Crippen LogP contribution in [-0.2, 0) is 4.79 Å². The molecule has 1 atom stereocenters. The maximum absolute atomic E-state index is 12.3. The van der Waals surface area contributed by atoms with Crippen LogP contribution in [-0.4, -0.2) is 42.1 Å². The molecule has 2 aliphatic heterocycles. The largest absolute Gasteiger partial charge is 0.508 e. The van der Waals surface area contributed by atoms with Crippen molar-refractivity contribution in [3.05, 3.63) is 29.8 Å². The Balaban J connectivity index is 0.00000192. The molecule has 2 saturated heterocycles. The fraction of sp³-hybridized carbons (Fsp3) is 0.611. The van der Waals surface area contributed by atoms with E-state index < -0.39 is 0 Å². The van der Waals surface area contributed by atoms with Crippen molar-refractivity contribution in [3.8, 4) is 5.75 Å². The topological polar surface area (TPSA) is 52.6 Å². The Morgan fingerprint density at radius 1 is 1.17 bits per heavy atom. The van der Waals surface area contributed by atoms with Gasteiger partial charge in [0, 0.05) is 19.5 Å². The molecule has 3 rings (SSSR count). The van der Waals surface area contributed by atoms with Crippen LogP contribution in [0, 0.1) is 5.92 Å². The molecule has 5 heteroatoms. The number of amides is 1. The summed E-state index contributed by atoms with van der Waals surface area (Å²) in [6.07, 6.45) is 5.01. The second-order valence-electron chi connectivity index (χ2n) is 6.64. The molecule has 4 nitrogen and oxygen atoms in total. The van der Waals surface area contributed by atoms with Crippen LogP contribution in [0.2, 0.25) is 0 Å². The predicted molar refractivity (Wildman–Crippen MR) is 94.1 cm³/mol. The second kappa shape index (κ2) is 8.55. The summed E-state index contributed by atoms with van der Waals surface area (Å²) in [6.45, 7) is 3.92. The molecule has 1 unspecified atom stereocenters. The van der Waals surface area contributed by atoms with E-state index in [1.165, 1.54) is 12.0 Å². The molecule has 0 radical (unpaired) electrons. The smallest absolute Gasteiger partial charge is 0.222 e. The summed E-state index contributed by atoms with van der Waals surface area (Å²) < 4.78 is 0. The number of likely N-dealkylation sites (tertiary alicyclic amines) is 1. The first-order valence-corrected chi connectivity index (χ1v) is 8.50. The number of hydrogen-bond donors (Lipinski definition) is 2. The molecule has 2 fully saturated rings. The minimum absolute atomic E-state index is 0. The summed E-state index contributed by atoms with van der Waals surface area (Å²) in [5.74, 6) is 1.86. The van der Waals surface area contributed by atoms with Gasteiger partial charge in [-0.1, -0.05) is 12.1 Å². The highest BCUT2D eigenvalue weighted by Crippen LogP contribution is 2.29. The molecule has 1 aromatic carbocycles. The zero-order valence-electron chi connectivity index (χ0n) is 13.5. The number of benzene rings is 1. The Kier molecular flexibility index (Phi) is 6.72. The minimum Gasteiger partial charge on any atom is -0.508 e. The number of nitrogens with one attached hydrogen (secondary N) is 1. The molecule has 0 aromatic heterocycles. The van der Waals surface area contributed by atoms with Gasteiger partial charge in [-0.05, 0) is 68.3 Å². The fourth-order valence-electron chi connectivity index (χ4n) is 3.66. The molecule has 0 bridgehead atoms. The lowest BCUT2D eigenvalue weighted by atomic mass is 9.89. The first-order chi connectivity index (χ1) is 10.7. The van der Waals surface area contributed by atoms with Crippen LogP contribution in [0.5, 0.6) is 5.75 Å². The van der Waals surface area contributed by atoms with Crippen LogP contribution in [0.3, 0.4) is 0 Å². The third-order valence-corrected chi connectivity index (χ3v) is 5.14. The number of aromatic hydroxyl groups is 1. The van der Waals surface area contributed by atoms with Crippen LogP contribution in [0.15, 0.2) is 24.3 Å². The van der Waals surface area contributed by atoms with Crippen molar-refractivity contribution >= 4 is 18.3 Å². The van der Waals surface area contributed by atoms with Gasteiger partial charge < -0.3 is 15.3 Å². The van der Waals surface area contributed by atoms with Crippen molar-refractivity contribution in [2.75, 3.05) is 26.2 Å². The van der Waals surface area contributed by atoms with E-state index in [1.54, 1.807) is 12.1 Å². The van der Waals surface area contributed by atoms with E-state index in [4.69, 9.17) is 0 Å². The number of phenolic OH excluding ortho intramolecular Hbond substituents is 1. The van der Waals surface area contributed by atoms with Crippen LogP contribution < -0.4 is 5.32 Å². The average molecular weight is 339 g/mol. The zero-order chi connectivity index (χ0) is 15.4. The SMILES string of the molecule is Cl.O=C(CCC1CCNC1)N1CCC(c2ccc(O)cc2)CC1. The Hall–Kier alpha value is -1.26. The number of piperidine rings is 1. The van der Waals surface area contributed by atoms with Gasteiger partial charge >= 0.3 is 0 Å². The van der Waals surface area contributed by atoms with Gasteiger partial charge in [0.05, 0.1) is 0 Å². The van der Waals surface area contributed by atoms with Crippen molar-refractivity contribution in [3.63, 3.8) is 0 Å². The highest BCUT2D eigenvalue weighted by Gasteiger charge is 2.24.